The van der Waals surface area contributed by atoms with Crippen LogP contribution in [0, 0.1) is 15.3 Å². The smallest absolute Gasteiger partial charge is 0.869 e. The molecule has 0 atom stereocenters. The second kappa shape index (κ2) is 11.9. The molecule has 12 heteroatoms. The summed E-state index contributed by atoms with van der Waals surface area (Å²) in [5.74, 6) is -1.50. The van der Waals surface area contributed by atoms with Gasteiger partial charge in [0.2, 0.25) is 10.9 Å². The van der Waals surface area contributed by atoms with Crippen molar-refractivity contribution in [2.24, 2.45) is 15.5 Å². The summed E-state index contributed by atoms with van der Waals surface area (Å²) in [6.45, 7) is 0. The van der Waals surface area contributed by atoms with Crippen molar-refractivity contribution in [1.82, 2.24) is 0 Å². The van der Waals surface area contributed by atoms with Crippen molar-refractivity contribution < 1.29 is 159 Å². The predicted molar refractivity (Wildman–Crippen MR) is 44.1 cm³/mol. The van der Waals surface area contributed by atoms with Crippen LogP contribution in [-0.4, -0.2) is 0 Å². The maximum atomic E-state index is 11.0. The molecule has 0 fully saturated rings. The van der Waals surface area contributed by atoms with Gasteiger partial charge < -0.3 is 25.8 Å². The fraction of sp³-hybridized carbons (Fsp3) is 0. The number of rotatable bonds is 1. The Kier molecular flexibility index (Phi) is 16.8. The van der Waals surface area contributed by atoms with Gasteiger partial charge in [-0.25, -0.2) is 0 Å². The summed E-state index contributed by atoms with van der Waals surface area (Å²) in [5.41, 5.74) is -4.25. The molecule has 0 radical (unpaired) electrons. The van der Waals surface area contributed by atoms with Gasteiger partial charge in [-0.2, -0.15) is 0 Å². The third-order valence-corrected chi connectivity index (χ3v) is 1.56. The molecule has 0 unspecified atom stereocenters. The van der Waals surface area contributed by atoms with Crippen molar-refractivity contribution in [3.63, 3.8) is 0 Å². The predicted octanol–water partition coefficient (Wildman–Crippen LogP) is -11.4. The van der Waals surface area contributed by atoms with Gasteiger partial charge in [0.15, 0.2) is 11.0 Å². The summed E-state index contributed by atoms with van der Waals surface area (Å²) in [4.78, 5) is 32.1. The fourth-order valence-electron chi connectivity index (χ4n) is 0.895. The van der Waals surface area contributed by atoms with Crippen LogP contribution in [0.2, 0.25) is 0 Å². The molecule has 1 aromatic rings. The maximum Gasteiger partial charge on any atom is 1.00 e. The minimum atomic E-state index is -1.50. The van der Waals surface area contributed by atoms with Crippen LogP contribution in [0.5, 0.6) is 5.75 Å². The third-order valence-electron chi connectivity index (χ3n) is 1.56. The monoisotopic (exact) mass is 327 g/mol. The zero-order chi connectivity index (χ0) is 11.6. The van der Waals surface area contributed by atoms with Gasteiger partial charge in [-0.05, 0) is 10.9 Å². The fourth-order valence-corrected chi connectivity index (χ4v) is 0.895. The van der Waals surface area contributed by atoms with Gasteiger partial charge in [-0.3, -0.25) is 9.59 Å². The Hall–Kier alpha value is 2.33. The maximum absolute atomic E-state index is 11.0. The van der Waals surface area contributed by atoms with E-state index < -0.39 is 33.0 Å². The molecule has 0 saturated carbocycles. The van der Waals surface area contributed by atoms with E-state index in [1.807, 2.05) is 15.5 Å². The van der Waals surface area contributed by atoms with E-state index in [0.29, 0.717) is 0 Å². The Labute approximate surface area is 226 Å². The van der Waals surface area contributed by atoms with Gasteiger partial charge >= 0.3 is 154 Å². The second-order valence-corrected chi connectivity index (χ2v) is 2.31. The molecule has 0 saturated heterocycles. The first-order chi connectivity index (χ1) is 7.08. The quantitative estimate of drug-likeness (QED) is 0.283. The van der Waals surface area contributed by atoms with Crippen LogP contribution >= 0.6 is 0 Å². The third kappa shape index (κ3) is 5.27. The van der Waals surface area contributed by atoms with Crippen LogP contribution in [0.4, 0.5) is 5.69 Å². The molecule has 0 heterocycles. The summed E-state index contributed by atoms with van der Waals surface area (Å²) in [6.07, 6.45) is 0. The van der Waals surface area contributed by atoms with Gasteiger partial charge in [0.25, 0.3) is 0 Å². The van der Waals surface area contributed by atoms with Crippen molar-refractivity contribution in [3.05, 3.63) is 46.5 Å². The van der Waals surface area contributed by atoms with Crippen LogP contribution < -0.4 is 181 Å². The SMILES string of the molecule is O=Nc1c([O-])/c(=N\[O-])c(=O)/c(=N\[O-])c1=O.[K+].[K+].[K+]. The number of benzene rings is 1. The molecular weight excluding hydrogens is 327 g/mol. The van der Waals surface area contributed by atoms with E-state index in [2.05, 4.69) is 0 Å². The van der Waals surface area contributed by atoms with E-state index in [-0.39, 0.29) is 154 Å². The number of nitrogens with zero attached hydrogens (tertiary/aromatic N) is 3. The van der Waals surface area contributed by atoms with E-state index in [9.17, 15) is 30.0 Å². The van der Waals surface area contributed by atoms with E-state index in [0.717, 1.165) is 0 Å². The molecule has 78 valence electrons. The molecule has 0 bridgehead atoms. The first-order valence-corrected chi connectivity index (χ1v) is 3.33. The summed E-state index contributed by atoms with van der Waals surface area (Å²) in [7, 11) is 0. The Morgan fingerprint density at radius 3 is 1.61 bits per heavy atom. The van der Waals surface area contributed by atoms with Crippen molar-refractivity contribution in [2.45, 2.75) is 0 Å². The molecule has 0 aliphatic rings. The van der Waals surface area contributed by atoms with E-state index in [1.165, 1.54) is 0 Å². The molecule has 0 aromatic heterocycles. The van der Waals surface area contributed by atoms with Crippen LogP contribution in [0.1, 0.15) is 0 Å². The van der Waals surface area contributed by atoms with Crippen molar-refractivity contribution in [1.29, 1.82) is 0 Å². The Morgan fingerprint density at radius 2 is 1.28 bits per heavy atom. The van der Waals surface area contributed by atoms with Crippen LogP contribution in [-0.2, 0) is 0 Å². The van der Waals surface area contributed by atoms with Crippen LogP contribution in [0.25, 0.3) is 0 Å². The molecule has 0 aliphatic carbocycles. The summed E-state index contributed by atoms with van der Waals surface area (Å²) in [5, 5.41) is 34.7. The van der Waals surface area contributed by atoms with Gasteiger partial charge in [0, 0.05) is 0 Å². The number of hydrogen-bond donors (Lipinski definition) is 0. The normalized spacial score (nSPS) is 10.9. The molecule has 0 aliphatic heterocycles. The first-order valence-electron chi connectivity index (χ1n) is 3.33. The molecular formula is C6K3N3O6. The topological polar surface area (TPSA) is 157 Å². The standard InChI is InChI=1S/C6H3N3O6.3K/c10-4-1(7-13)5(11)3(9-15)6(12)2(4)8-14;;;/h10,13,15H;;;/q;3*+1/p-3/b7-1+,9-3+;;;. The number of hydrogen-bond acceptors (Lipinski definition) is 9. The molecule has 1 rings (SSSR count). The zero-order valence-corrected chi connectivity index (χ0v) is 19.2. The van der Waals surface area contributed by atoms with E-state index >= 15 is 0 Å². The van der Waals surface area contributed by atoms with Crippen LogP contribution in [0.3, 0.4) is 0 Å². The van der Waals surface area contributed by atoms with Crippen molar-refractivity contribution in [2.75, 3.05) is 0 Å². The molecule has 0 amide bonds. The van der Waals surface area contributed by atoms with Gasteiger partial charge in [0.1, 0.15) is 0 Å². The minimum absolute atomic E-state index is 0. The Bertz CT molecular complexity index is 636. The first kappa shape index (κ1) is 25.3. The van der Waals surface area contributed by atoms with Gasteiger partial charge in [-0.1, -0.05) is 0 Å². The molecule has 0 N–H and O–H groups in total. The average molecular weight is 327 g/mol. The molecule has 0 spiro atoms. The Balaban J connectivity index is -0.000000750. The average Bonchev–Trinajstić information content (AvgIpc) is 2.19. The molecule has 1 aromatic carbocycles. The summed E-state index contributed by atoms with van der Waals surface area (Å²) >= 11 is 0. The van der Waals surface area contributed by atoms with E-state index in [1.54, 1.807) is 0 Å². The summed E-state index contributed by atoms with van der Waals surface area (Å²) in [6, 6.07) is 0. The van der Waals surface area contributed by atoms with Crippen LogP contribution in [0.15, 0.2) is 25.1 Å². The van der Waals surface area contributed by atoms with Crippen molar-refractivity contribution in [3.8, 4) is 5.75 Å². The second-order valence-electron chi connectivity index (χ2n) is 2.31. The summed E-state index contributed by atoms with van der Waals surface area (Å²) < 4.78 is 0. The molecule has 9 nitrogen and oxygen atoms in total. The van der Waals surface area contributed by atoms with E-state index in [4.69, 9.17) is 0 Å². The number of nitroso groups, excluding NO2 is 1. The molecule has 18 heavy (non-hydrogen) atoms. The van der Waals surface area contributed by atoms with Gasteiger partial charge in [0.05, 0.1) is 5.36 Å². The zero-order valence-electron chi connectivity index (χ0n) is 9.79. The minimum Gasteiger partial charge on any atom is -0.869 e. The van der Waals surface area contributed by atoms with Crippen molar-refractivity contribution >= 4 is 5.69 Å². The van der Waals surface area contributed by atoms with Gasteiger partial charge in [-0.15, -0.1) is 4.91 Å². The Morgan fingerprint density at radius 1 is 0.833 bits per heavy atom. The largest absolute Gasteiger partial charge is 1.00 e.